The van der Waals surface area contributed by atoms with Gasteiger partial charge in [0.25, 0.3) is 0 Å². The van der Waals surface area contributed by atoms with E-state index in [0.29, 0.717) is 19.4 Å². The lowest BCUT2D eigenvalue weighted by molar-refractivity contribution is -0.326. The average Bonchev–Trinajstić information content (AvgIpc) is 2.45. The first-order valence-electron chi connectivity index (χ1n) is 6.91. The highest BCUT2D eigenvalue weighted by Crippen LogP contribution is 2.30. The Balaban J connectivity index is 1.78. The Bertz CT molecular complexity index is 491. The lowest BCUT2D eigenvalue weighted by Gasteiger charge is -2.30. The standard InChI is InChI=1S/C14H15F6NO2/c15-13(16,17)9-1-4-11(5-2-9)23-12-6-3-10(21-7-12)8-22-14(18,19)20/h1-2,4-5,10,12,21H,3,6-8H2/t10-,12-/m0/s1. The summed E-state index contributed by atoms with van der Waals surface area (Å²) < 4.78 is 82.4. The average molecular weight is 343 g/mol. The van der Waals surface area contributed by atoms with Crippen LogP contribution in [0.5, 0.6) is 5.75 Å². The molecule has 1 aromatic carbocycles. The number of halogens is 6. The molecule has 23 heavy (non-hydrogen) atoms. The first-order chi connectivity index (χ1) is 10.6. The molecule has 3 nitrogen and oxygen atoms in total. The van der Waals surface area contributed by atoms with Gasteiger partial charge in [-0.2, -0.15) is 13.2 Å². The molecule has 1 aliphatic rings. The molecule has 9 heteroatoms. The third-order valence-corrected chi connectivity index (χ3v) is 3.40. The van der Waals surface area contributed by atoms with E-state index in [1.807, 2.05) is 0 Å². The normalized spacial score (nSPS) is 22.9. The van der Waals surface area contributed by atoms with E-state index in [4.69, 9.17) is 4.74 Å². The number of hydrogen-bond acceptors (Lipinski definition) is 3. The predicted molar refractivity (Wildman–Crippen MR) is 68.9 cm³/mol. The van der Waals surface area contributed by atoms with Crippen LogP contribution in [0.25, 0.3) is 0 Å². The molecule has 0 aromatic heterocycles. The maximum atomic E-state index is 12.4. The molecule has 1 N–H and O–H groups in total. The minimum atomic E-state index is -4.66. The molecule has 2 rings (SSSR count). The Morgan fingerprint density at radius 2 is 1.65 bits per heavy atom. The molecule has 0 radical (unpaired) electrons. The van der Waals surface area contributed by atoms with Crippen LogP contribution >= 0.6 is 0 Å². The zero-order valence-corrected chi connectivity index (χ0v) is 11.9. The molecule has 2 atom stereocenters. The second-order valence-electron chi connectivity index (χ2n) is 5.20. The van der Waals surface area contributed by atoms with E-state index >= 15 is 0 Å². The van der Waals surface area contributed by atoms with Gasteiger partial charge < -0.3 is 10.1 Å². The second-order valence-corrected chi connectivity index (χ2v) is 5.20. The minimum Gasteiger partial charge on any atom is -0.489 e. The zero-order chi connectivity index (χ0) is 17.1. The highest BCUT2D eigenvalue weighted by molar-refractivity contribution is 5.29. The van der Waals surface area contributed by atoms with Gasteiger partial charge in [-0.25, -0.2) is 0 Å². The maximum Gasteiger partial charge on any atom is 0.522 e. The number of rotatable bonds is 4. The van der Waals surface area contributed by atoms with E-state index in [1.165, 1.54) is 12.1 Å². The summed E-state index contributed by atoms with van der Waals surface area (Å²) in [7, 11) is 0. The van der Waals surface area contributed by atoms with Gasteiger partial charge in [-0.05, 0) is 37.1 Å². The summed E-state index contributed by atoms with van der Waals surface area (Å²) in [5.41, 5.74) is -0.768. The van der Waals surface area contributed by atoms with E-state index in [0.717, 1.165) is 12.1 Å². The van der Waals surface area contributed by atoms with Crippen LogP contribution in [-0.2, 0) is 10.9 Å². The molecule has 0 saturated carbocycles. The van der Waals surface area contributed by atoms with Crippen LogP contribution in [0.3, 0.4) is 0 Å². The monoisotopic (exact) mass is 343 g/mol. The molecular formula is C14H15F6NO2. The van der Waals surface area contributed by atoms with Gasteiger partial charge in [0.2, 0.25) is 0 Å². The largest absolute Gasteiger partial charge is 0.522 e. The van der Waals surface area contributed by atoms with Crippen LogP contribution in [0.2, 0.25) is 0 Å². The summed E-state index contributed by atoms with van der Waals surface area (Å²) in [6, 6.07) is 3.87. The Morgan fingerprint density at radius 1 is 1.00 bits per heavy atom. The van der Waals surface area contributed by atoms with Gasteiger partial charge in [0, 0.05) is 12.6 Å². The van der Waals surface area contributed by atoms with Crippen molar-refractivity contribution in [3.05, 3.63) is 29.8 Å². The number of nitrogens with one attached hydrogen (secondary N) is 1. The van der Waals surface area contributed by atoms with Crippen LogP contribution in [0.15, 0.2) is 24.3 Å². The van der Waals surface area contributed by atoms with E-state index in [-0.39, 0.29) is 11.9 Å². The molecule has 0 aliphatic carbocycles. The van der Waals surface area contributed by atoms with Crippen molar-refractivity contribution in [3.8, 4) is 5.75 Å². The molecular weight excluding hydrogens is 328 g/mol. The van der Waals surface area contributed by atoms with Crippen molar-refractivity contribution in [3.63, 3.8) is 0 Å². The van der Waals surface area contributed by atoms with Crippen molar-refractivity contribution in [1.29, 1.82) is 0 Å². The van der Waals surface area contributed by atoms with Crippen LogP contribution < -0.4 is 10.1 Å². The van der Waals surface area contributed by atoms with Gasteiger partial charge >= 0.3 is 12.5 Å². The van der Waals surface area contributed by atoms with Gasteiger partial charge in [0.1, 0.15) is 11.9 Å². The molecule has 130 valence electrons. The molecule has 1 fully saturated rings. The minimum absolute atomic E-state index is 0.287. The summed E-state index contributed by atoms with van der Waals surface area (Å²) in [6.45, 7) is -0.177. The van der Waals surface area contributed by atoms with Crippen molar-refractivity contribution in [2.45, 2.75) is 37.5 Å². The Morgan fingerprint density at radius 3 is 2.13 bits per heavy atom. The summed E-state index contributed by atoms with van der Waals surface area (Å²) in [5, 5.41) is 2.87. The fourth-order valence-electron chi connectivity index (χ4n) is 2.24. The van der Waals surface area contributed by atoms with E-state index in [2.05, 4.69) is 10.1 Å². The first-order valence-corrected chi connectivity index (χ1v) is 6.91. The molecule has 0 bridgehead atoms. The Kier molecular flexibility index (Phi) is 5.41. The fraction of sp³-hybridized carbons (Fsp3) is 0.571. The number of ether oxygens (including phenoxy) is 2. The summed E-state index contributed by atoms with van der Waals surface area (Å²) >= 11 is 0. The van der Waals surface area contributed by atoms with Gasteiger partial charge in [-0.15, -0.1) is 13.2 Å². The van der Waals surface area contributed by atoms with Crippen LogP contribution in [0.4, 0.5) is 26.3 Å². The van der Waals surface area contributed by atoms with Crippen LogP contribution in [-0.4, -0.2) is 31.7 Å². The number of hydrogen-bond donors (Lipinski definition) is 1. The molecule has 1 saturated heterocycles. The summed E-state index contributed by atoms with van der Waals surface area (Å²) in [4.78, 5) is 0. The lowest BCUT2D eigenvalue weighted by Crippen LogP contribution is -2.46. The summed E-state index contributed by atoms with van der Waals surface area (Å²) in [6.07, 6.45) is -8.47. The van der Waals surface area contributed by atoms with E-state index < -0.39 is 30.8 Å². The molecule has 1 heterocycles. The molecule has 0 amide bonds. The topological polar surface area (TPSA) is 30.5 Å². The quantitative estimate of drug-likeness (QED) is 0.845. The Hall–Kier alpha value is -1.48. The van der Waals surface area contributed by atoms with Crippen LogP contribution in [0, 0.1) is 0 Å². The number of piperidine rings is 1. The smallest absolute Gasteiger partial charge is 0.489 e. The third-order valence-electron chi connectivity index (χ3n) is 3.40. The zero-order valence-electron chi connectivity index (χ0n) is 11.9. The molecule has 0 spiro atoms. The number of alkyl halides is 6. The maximum absolute atomic E-state index is 12.4. The molecule has 1 aliphatic heterocycles. The Labute approximate surface area is 128 Å². The van der Waals surface area contributed by atoms with Gasteiger partial charge in [-0.3, -0.25) is 4.74 Å². The van der Waals surface area contributed by atoms with Crippen molar-refractivity contribution >= 4 is 0 Å². The predicted octanol–water partition coefficient (Wildman–Crippen LogP) is 3.74. The highest BCUT2D eigenvalue weighted by Gasteiger charge is 2.32. The molecule has 0 unspecified atom stereocenters. The lowest BCUT2D eigenvalue weighted by atomic mass is 10.0. The highest BCUT2D eigenvalue weighted by atomic mass is 19.4. The van der Waals surface area contributed by atoms with Crippen molar-refractivity contribution < 1.29 is 35.8 Å². The first kappa shape index (κ1) is 17.9. The second kappa shape index (κ2) is 6.96. The summed E-state index contributed by atoms with van der Waals surface area (Å²) in [5.74, 6) is 0.287. The van der Waals surface area contributed by atoms with Gasteiger partial charge in [-0.1, -0.05) is 0 Å². The third kappa shape index (κ3) is 5.91. The molecule has 1 aromatic rings. The van der Waals surface area contributed by atoms with Crippen molar-refractivity contribution in [2.24, 2.45) is 0 Å². The number of benzene rings is 1. The van der Waals surface area contributed by atoms with E-state index in [9.17, 15) is 26.3 Å². The van der Waals surface area contributed by atoms with Crippen molar-refractivity contribution in [1.82, 2.24) is 5.32 Å². The van der Waals surface area contributed by atoms with Crippen molar-refractivity contribution in [2.75, 3.05) is 13.2 Å². The van der Waals surface area contributed by atoms with Gasteiger partial charge in [0.05, 0.1) is 12.2 Å². The fourth-order valence-corrected chi connectivity index (χ4v) is 2.24. The SMILES string of the molecule is FC(F)(F)OC[C@@H]1CC[C@H](Oc2ccc(C(F)(F)F)cc2)CN1. The van der Waals surface area contributed by atoms with Gasteiger partial charge in [0.15, 0.2) is 0 Å². The van der Waals surface area contributed by atoms with E-state index in [1.54, 1.807) is 0 Å². The van der Waals surface area contributed by atoms with Crippen LogP contribution in [0.1, 0.15) is 18.4 Å².